The van der Waals surface area contributed by atoms with Gasteiger partial charge in [-0.2, -0.15) is 0 Å². The fourth-order valence-corrected chi connectivity index (χ4v) is 9.34. The molecule has 0 radical (unpaired) electrons. The van der Waals surface area contributed by atoms with E-state index < -0.39 is 24.3 Å². The molecule has 62 heavy (non-hydrogen) atoms. The number of H-pyrrole nitrogens is 2. The van der Waals surface area contributed by atoms with Crippen LogP contribution in [0.5, 0.6) is 0 Å². The van der Waals surface area contributed by atoms with Gasteiger partial charge in [-0.3, -0.25) is 9.59 Å². The molecule has 4 amide bonds. The Morgan fingerprint density at radius 2 is 1.24 bits per heavy atom. The highest BCUT2D eigenvalue weighted by Gasteiger charge is 2.41. The zero-order chi connectivity index (χ0) is 43.5. The Morgan fingerprint density at radius 3 is 1.82 bits per heavy atom. The number of alkyl carbamates (subject to hydrolysis) is 2. The molecule has 2 aromatic heterocycles. The molecule has 326 valence electrons. The molecule has 0 spiro atoms. The summed E-state index contributed by atoms with van der Waals surface area (Å²) in [5, 5.41) is 7.72. The van der Waals surface area contributed by atoms with Crippen molar-refractivity contribution in [2.45, 2.75) is 83.5 Å². The molecule has 4 N–H and O–H groups in total. The highest BCUT2D eigenvalue weighted by molar-refractivity contribution is 5.91. The second-order valence-electron chi connectivity index (χ2n) is 17.0. The molecule has 15 heteroatoms. The van der Waals surface area contributed by atoms with Gasteiger partial charge in [0.2, 0.25) is 11.8 Å². The van der Waals surface area contributed by atoms with Gasteiger partial charge in [0, 0.05) is 31.9 Å². The van der Waals surface area contributed by atoms with Gasteiger partial charge in [-0.05, 0) is 109 Å². The van der Waals surface area contributed by atoms with E-state index in [2.05, 4.69) is 82.1 Å². The molecule has 3 aromatic carbocycles. The molecule has 0 bridgehead atoms. The average molecular weight is 845 g/mol. The lowest BCUT2D eigenvalue weighted by Gasteiger charge is -2.34. The van der Waals surface area contributed by atoms with Crippen molar-refractivity contribution in [2.24, 2.45) is 11.8 Å². The van der Waals surface area contributed by atoms with Crippen LogP contribution in [0.3, 0.4) is 0 Å². The van der Waals surface area contributed by atoms with Crippen molar-refractivity contribution in [3.63, 3.8) is 0 Å². The van der Waals surface area contributed by atoms with E-state index in [1.165, 1.54) is 14.2 Å². The largest absolute Gasteiger partial charge is 0.453 e. The number of imidazole rings is 2. The monoisotopic (exact) mass is 844 g/mol. The number of fused-ring (bicyclic) bond motifs is 1. The summed E-state index contributed by atoms with van der Waals surface area (Å²) in [5.74, 6) is 1.08. The Balaban J connectivity index is 0.953. The number of methoxy groups -OCH3 is 2. The SMILES string of the molecule is COC(=O)NC(C(=O)N1CCCC1c1ncc(-c2ccc3cc(-c4ccc(-c5cnc(C6CCCN6C(=O)C(NC(=O)OC)C6CCOCC6)[nH]5)cc4C)ccc3c2)[nH]1)C(C)C. The maximum atomic E-state index is 14.0. The van der Waals surface area contributed by atoms with E-state index in [0.29, 0.717) is 39.1 Å². The van der Waals surface area contributed by atoms with Crippen LogP contribution in [-0.2, 0) is 23.8 Å². The van der Waals surface area contributed by atoms with E-state index in [9.17, 15) is 19.2 Å². The van der Waals surface area contributed by atoms with Crippen molar-refractivity contribution < 1.29 is 33.4 Å². The summed E-state index contributed by atoms with van der Waals surface area (Å²) < 4.78 is 15.2. The van der Waals surface area contributed by atoms with E-state index in [1.807, 2.05) is 36.0 Å². The molecule has 3 saturated heterocycles. The van der Waals surface area contributed by atoms with Crippen molar-refractivity contribution in [2.75, 3.05) is 40.5 Å². The first kappa shape index (κ1) is 42.5. The summed E-state index contributed by atoms with van der Waals surface area (Å²) in [6.45, 7) is 8.23. The molecule has 0 saturated carbocycles. The number of ether oxygens (including phenoxy) is 3. The fraction of sp³-hybridized carbons (Fsp3) is 0.447. The van der Waals surface area contributed by atoms with Crippen molar-refractivity contribution in [3.8, 4) is 33.6 Å². The van der Waals surface area contributed by atoms with Gasteiger partial charge in [0.05, 0.1) is 50.1 Å². The molecule has 0 aliphatic carbocycles. The third-order valence-corrected chi connectivity index (χ3v) is 12.7. The minimum atomic E-state index is -0.691. The Morgan fingerprint density at radius 1 is 0.710 bits per heavy atom. The van der Waals surface area contributed by atoms with Crippen LogP contribution in [-0.4, -0.2) is 106 Å². The zero-order valence-corrected chi connectivity index (χ0v) is 36.0. The van der Waals surface area contributed by atoms with Crippen LogP contribution in [0.1, 0.15) is 81.7 Å². The predicted octanol–water partition coefficient (Wildman–Crippen LogP) is 7.45. The highest BCUT2D eigenvalue weighted by Crippen LogP contribution is 2.37. The van der Waals surface area contributed by atoms with E-state index >= 15 is 0 Å². The number of nitrogens with zero attached hydrogens (tertiary/aromatic N) is 4. The Kier molecular flexibility index (Phi) is 12.6. The number of hydrogen-bond donors (Lipinski definition) is 4. The summed E-state index contributed by atoms with van der Waals surface area (Å²) in [4.78, 5) is 72.1. The Bertz CT molecular complexity index is 2440. The van der Waals surface area contributed by atoms with E-state index in [0.717, 1.165) is 87.3 Å². The molecule has 5 heterocycles. The molecule has 3 aliphatic heterocycles. The van der Waals surface area contributed by atoms with Crippen molar-refractivity contribution in [1.82, 2.24) is 40.4 Å². The number of likely N-dealkylation sites (tertiary alicyclic amines) is 2. The van der Waals surface area contributed by atoms with Crippen LogP contribution in [0.15, 0.2) is 67.0 Å². The number of rotatable bonds is 11. The van der Waals surface area contributed by atoms with Crippen LogP contribution in [0.2, 0.25) is 0 Å². The minimum absolute atomic E-state index is 0.0283. The van der Waals surface area contributed by atoms with Gasteiger partial charge in [0.1, 0.15) is 23.7 Å². The molecule has 3 fully saturated rings. The summed E-state index contributed by atoms with van der Waals surface area (Å²) in [6.07, 6.45) is 7.06. The predicted molar refractivity (Wildman–Crippen MR) is 234 cm³/mol. The maximum absolute atomic E-state index is 14.0. The van der Waals surface area contributed by atoms with Crippen LogP contribution < -0.4 is 10.6 Å². The van der Waals surface area contributed by atoms with Crippen LogP contribution in [0, 0.1) is 18.8 Å². The van der Waals surface area contributed by atoms with Gasteiger partial charge in [-0.1, -0.05) is 50.2 Å². The number of benzene rings is 3. The average Bonchev–Trinajstić information content (AvgIpc) is 4.14. The Labute approximate surface area is 361 Å². The topological polar surface area (TPSA) is 184 Å². The van der Waals surface area contributed by atoms with Gasteiger partial charge < -0.3 is 44.6 Å². The first-order chi connectivity index (χ1) is 30.0. The second-order valence-corrected chi connectivity index (χ2v) is 17.0. The van der Waals surface area contributed by atoms with Gasteiger partial charge in [0.15, 0.2) is 0 Å². The Hall–Kier alpha value is -6.22. The van der Waals surface area contributed by atoms with Crippen LogP contribution in [0.25, 0.3) is 44.4 Å². The maximum Gasteiger partial charge on any atom is 0.407 e. The van der Waals surface area contributed by atoms with E-state index in [-0.39, 0.29) is 35.7 Å². The molecule has 8 rings (SSSR count). The molecule has 4 atom stereocenters. The number of carbonyl (C=O) groups excluding carboxylic acids is 4. The molecular weight excluding hydrogens is 789 g/mol. The molecule has 5 aromatic rings. The highest BCUT2D eigenvalue weighted by atomic mass is 16.5. The number of aromatic nitrogens is 4. The smallest absolute Gasteiger partial charge is 0.407 e. The van der Waals surface area contributed by atoms with E-state index in [1.54, 1.807) is 0 Å². The molecular formula is C47H56N8O7. The van der Waals surface area contributed by atoms with Gasteiger partial charge in [0.25, 0.3) is 0 Å². The van der Waals surface area contributed by atoms with Crippen LogP contribution in [0.4, 0.5) is 9.59 Å². The zero-order valence-electron chi connectivity index (χ0n) is 36.0. The number of aryl methyl sites for hydroxylation is 1. The first-order valence-corrected chi connectivity index (χ1v) is 21.7. The standard InChI is InChI=1S/C47H56N8O7/c1-27(2)40(52-46(58)60-4)44(56)54-18-6-8-38(54)42-49-26-37(51-42)34-13-11-30-23-32(12-10-31(30)24-34)35-15-14-33(22-28(35)3)36-25-48-43(50-36)39-9-7-19-55(39)45(57)41(53-47(59)61-5)29-16-20-62-21-17-29/h10-15,22-27,29,38-41H,6-9,16-21H2,1-5H3,(H,48,50)(H,49,51)(H,52,58)(H,53,59). The van der Waals surface area contributed by atoms with Gasteiger partial charge in [-0.15, -0.1) is 0 Å². The van der Waals surface area contributed by atoms with Crippen LogP contribution >= 0.6 is 0 Å². The quantitative estimate of drug-likeness (QED) is 0.105. The lowest BCUT2D eigenvalue weighted by molar-refractivity contribution is -0.137. The third-order valence-electron chi connectivity index (χ3n) is 12.7. The summed E-state index contributed by atoms with van der Waals surface area (Å²) in [6, 6.07) is 17.4. The lowest BCUT2D eigenvalue weighted by atomic mass is 9.90. The molecule has 3 aliphatic rings. The summed E-state index contributed by atoms with van der Waals surface area (Å²) in [7, 11) is 2.60. The normalized spacial score (nSPS) is 19.1. The molecule has 4 unspecified atom stereocenters. The second kappa shape index (κ2) is 18.4. The third kappa shape index (κ3) is 8.76. The minimum Gasteiger partial charge on any atom is -0.453 e. The number of aromatic amines is 2. The number of nitrogens with one attached hydrogen (secondary N) is 4. The summed E-state index contributed by atoms with van der Waals surface area (Å²) in [5.41, 5.74) is 7.09. The van der Waals surface area contributed by atoms with E-state index in [4.69, 9.17) is 24.2 Å². The van der Waals surface area contributed by atoms with Crippen molar-refractivity contribution >= 4 is 34.8 Å². The van der Waals surface area contributed by atoms with Gasteiger partial charge >= 0.3 is 12.2 Å². The van der Waals surface area contributed by atoms with Crippen molar-refractivity contribution in [1.29, 1.82) is 0 Å². The number of carbonyl (C=O) groups is 4. The fourth-order valence-electron chi connectivity index (χ4n) is 9.34. The van der Waals surface area contributed by atoms with Crippen molar-refractivity contribution in [3.05, 3.63) is 84.2 Å². The summed E-state index contributed by atoms with van der Waals surface area (Å²) >= 11 is 0. The first-order valence-electron chi connectivity index (χ1n) is 21.7. The molecule has 15 nitrogen and oxygen atoms in total. The number of hydrogen-bond acceptors (Lipinski definition) is 9. The van der Waals surface area contributed by atoms with Gasteiger partial charge in [-0.25, -0.2) is 19.6 Å². The lowest BCUT2D eigenvalue weighted by Crippen LogP contribution is -2.53. The number of amides is 4.